The van der Waals surface area contributed by atoms with Gasteiger partial charge < -0.3 is 14.6 Å². The van der Waals surface area contributed by atoms with Crippen molar-refractivity contribution in [1.82, 2.24) is 10.2 Å². The number of ether oxygens (including phenoxy) is 2. The minimum Gasteiger partial charge on any atom is -0.507 e. The smallest absolute Gasteiger partial charge is 0.301 e. The van der Waals surface area contributed by atoms with E-state index in [2.05, 4.69) is 10.2 Å². The summed E-state index contributed by atoms with van der Waals surface area (Å²) in [5.41, 5.74) is 3.13. The van der Waals surface area contributed by atoms with Crippen molar-refractivity contribution in [2.75, 3.05) is 11.5 Å². The second-order valence-electron chi connectivity index (χ2n) is 9.75. The van der Waals surface area contributed by atoms with E-state index in [1.165, 1.54) is 28.0 Å². The summed E-state index contributed by atoms with van der Waals surface area (Å²) in [5, 5.41) is 20.4. The summed E-state index contributed by atoms with van der Waals surface area (Å²) in [6, 6.07) is 21.6. The fraction of sp³-hybridized carbons (Fsp3) is 0.226. The van der Waals surface area contributed by atoms with Gasteiger partial charge >= 0.3 is 5.91 Å². The number of carbonyl (C=O) groups is 2. The van der Waals surface area contributed by atoms with Crippen LogP contribution >= 0.6 is 23.1 Å². The Morgan fingerprint density at radius 2 is 1.93 bits per heavy atom. The van der Waals surface area contributed by atoms with Crippen LogP contribution in [-0.2, 0) is 21.8 Å². The molecule has 41 heavy (non-hydrogen) atoms. The Morgan fingerprint density at radius 3 is 2.73 bits per heavy atom. The molecule has 208 valence electrons. The maximum absolute atomic E-state index is 13.6. The molecule has 0 spiro atoms. The molecule has 3 heterocycles. The Bertz CT molecular complexity index is 1650. The molecular weight excluding hydrogens is 558 g/mol. The zero-order chi connectivity index (χ0) is 28.5. The number of ketones is 1. The molecule has 1 N–H and O–H groups in total. The lowest BCUT2D eigenvalue weighted by atomic mass is 9.94. The van der Waals surface area contributed by atoms with Crippen molar-refractivity contribution in [2.24, 2.45) is 0 Å². The van der Waals surface area contributed by atoms with Crippen LogP contribution in [0.2, 0.25) is 0 Å². The van der Waals surface area contributed by atoms with Gasteiger partial charge in [0.15, 0.2) is 4.34 Å². The lowest BCUT2D eigenvalue weighted by Crippen LogP contribution is -2.29. The molecule has 3 aromatic carbocycles. The minimum atomic E-state index is -0.918. The summed E-state index contributed by atoms with van der Waals surface area (Å²) >= 11 is 2.74. The second-order valence-corrected chi connectivity index (χ2v) is 11.9. The number of fused-ring (bicyclic) bond motifs is 1. The molecule has 0 unspecified atom stereocenters. The predicted molar refractivity (Wildman–Crippen MR) is 159 cm³/mol. The Labute approximate surface area is 245 Å². The van der Waals surface area contributed by atoms with Gasteiger partial charge in [-0.05, 0) is 60.9 Å². The van der Waals surface area contributed by atoms with E-state index in [0.717, 1.165) is 16.9 Å². The summed E-state index contributed by atoms with van der Waals surface area (Å²) in [7, 11) is 0. The average Bonchev–Trinajstić information content (AvgIpc) is 3.67. The minimum absolute atomic E-state index is 0.00995. The van der Waals surface area contributed by atoms with Crippen LogP contribution in [0.1, 0.15) is 42.1 Å². The number of carbonyl (C=O) groups excluding carboxylic acids is 2. The number of aliphatic hydroxyl groups is 1. The van der Waals surface area contributed by atoms with Crippen molar-refractivity contribution in [3.05, 3.63) is 101 Å². The van der Waals surface area contributed by atoms with Crippen molar-refractivity contribution in [1.29, 1.82) is 0 Å². The Morgan fingerprint density at radius 1 is 1.10 bits per heavy atom. The molecule has 1 saturated heterocycles. The topological polar surface area (TPSA) is 102 Å². The van der Waals surface area contributed by atoms with E-state index in [9.17, 15) is 14.7 Å². The van der Waals surface area contributed by atoms with Crippen LogP contribution in [0.5, 0.6) is 11.5 Å². The second kappa shape index (κ2) is 11.4. The molecule has 1 amide bonds. The van der Waals surface area contributed by atoms with Crippen LogP contribution in [0.15, 0.2) is 82.7 Å². The number of anilines is 1. The van der Waals surface area contributed by atoms with E-state index in [4.69, 9.17) is 9.47 Å². The first-order valence-corrected chi connectivity index (χ1v) is 15.1. The van der Waals surface area contributed by atoms with Gasteiger partial charge in [0, 0.05) is 17.7 Å². The molecule has 0 radical (unpaired) electrons. The van der Waals surface area contributed by atoms with Gasteiger partial charge in [-0.2, -0.15) is 0 Å². The van der Waals surface area contributed by atoms with Crippen LogP contribution < -0.4 is 14.4 Å². The van der Waals surface area contributed by atoms with Crippen molar-refractivity contribution in [3.8, 4) is 11.5 Å². The maximum atomic E-state index is 13.6. The monoisotopic (exact) mass is 585 g/mol. The average molecular weight is 586 g/mol. The molecular formula is C31H27N3O5S2. The van der Waals surface area contributed by atoms with Crippen LogP contribution in [0.25, 0.3) is 5.76 Å². The number of benzene rings is 3. The highest BCUT2D eigenvalue weighted by atomic mass is 32.2. The number of nitrogens with zero attached hydrogens (tertiary/aromatic N) is 3. The Balaban J connectivity index is 1.41. The van der Waals surface area contributed by atoms with E-state index >= 15 is 0 Å². The quantitative estimate of drug-likeness (QED) is 0.0860. The summed E-state index contributed by atoms with van der Waals surface area (Å²) < 4.78 is 12.2. The number of hydrogen-bond acceptors (Lipinski definition) is 9. The highest BCUT2D eigenvalue weighted by Gasteiger charge is 2.48. The molecule has 10 heteroatoms. The summed E-state index contributed by atoms with van der Waals surface area (Å²) in [6.07, 6.45) is 0.722. The van der Waals surface area contributed by atoms with E-state index in [-0.39, 0.29) is 22.6 Å². The highest BCUT2D eigenvalue weighted by molar-refractivity contribution is 8.00. The third kappa shape index (κ3) is 5.32. The maximum Gasteiger partial charge on any atom is 0.301 e. The van der Waals surface area contributed by atoms with Gasteiger partial charge in [0.05, 0.1) is 18.2 Å². The number of thioether (sulfide) groups is 1. The normalized spacial score (nSPS) is 19.3. The van der Waals surface area contributed by atoms with Gasteiger partial charge in [-0.1, -0.05) is 65.6 Å². The molecule has 0 bridgehead atoms. The number of aromatic nitrogens is 2. The summed E-state index contributed by atoms with van der Waals surface area (Å²) in [4.78, 5) is 28.5. The van der Waals surface area contributed by atoms with Crippen molar-refractivity contribution in [2.45, 2.75) is 42.5 Å². The Hall–Kier alpha value is -4.15. The fourth-order valence-electron chi connectivity index (χ4n) is 5.09. The van der Waals surface area contributed by atoms with Gasteiger partial charge in [-0.25, -0.2) is 0 Å². The van der Waals surface area contributed by atoms with Crippen LogP contribution in [0.3, 0.4) is 0 Å². The van der Waals surface area contributed by atoms with Crippen molar-refractivity contribution < 1.29 is 24.2 Å². The summed E-state index contributed by atoms with van der Waals surface area (Å²) in [5.74, 6) is 0.235. The molecule has 4 aromatic rings. The SMILES string of the molecule is CCOc1cccc([C@@H]2/C(=C(\O)c3ccc4c(c3)C[C@H](C)O4)C(=O)C(=O)N2c2nnc(SCc3ccccc3)s2)c1. The predicted octanol–water partition coefficient (Wildman–Crippen LogP) is 6.18. The van der Waals surface area contributed by atoms with E-state index in [1.54, 1.807) is 24.3 Å². The van der Waals surface area contributed by atoms with Gasteiger partial charge in [0.25, 0.3) is 5.78 Å². The number of hydrogen-bond donors (Lipinski definition) is 1. The lowest BCUT2D eigenvalue weighted by Gasteiger charge is -2.23. The van der Waals surface area contributed by atoms with Gasteiger partial charge in [-0.3, -0.25) is 14.5 Å². The fourth-order valence-corrected chi connectivity index (χ4v) is 6.91. The van der Waals surface area contributed by atoms with Gasteiger partial charge in [-0.15, -0.1) is 10.2 Å². The molecule has 1 aromatic heterocycles. The number of amides is 1. The molecule has 2 aliphatic heterocycles. The van der Waals surface area contributed by atoms with E-state index < -0.39 is 17.7 Å². The van der Waals surface area contributed by atoms with Gasteiger partial charge in [0.1, 0.15) is 23.4 Å². The third-order valence-electron chi connectivity index (χ3n) is 6.91. The first kappa shape index (κ1) is 27.0. The van der Waals surface area contributed by atoms with Crippen molar-refractivity contribution in [3.63, 3.8) is 0 Å². The summed E-state index contributed by atoms with van der Waals surface area (Å²) in [6.45, 7) is 4.32. The van der Waals surface area contributed by atoms with E-state index in [1.807, 2.05) is 62.4 Å². The van der Waals surface area contributed by atoms with Crippen molar-refractivity contribution >= 4 is 45.7 Å². The Kier molecular flexibility index (Phi) is 7.51. The van der Waals surface area contributed by atoms with Gasteiger partial charge in [0.2, 0.25) is 5.13 Å². The molecule has 8 nitrogen and oxygen atoms in total. The van der Waals surface area contributed by atoms with Crippen LogP contribution in [0.4, 0.5) is 5.13 Å². The highest BCUT2D eigenvalue weighted by Crippen LogP contribution is 2.45. The first-order valence-electron chi connectivity index (χ1n) is 13.3. The zero-order valence-corrected chi connectivity index (χ0v) is 24.1. The number of rotatable bonds is 8. The van der Waals surface area contributed by atoms with Crippen LogP contribution in [-0.4, -0.2) is 39.7 Å². The van der Waals surface area contributed by atoms with Crippen LogP contribution in [0, 0.1) is 0 Å². The standard InChI is InChI=1S/C31H27N3O5S2/c1-3-38-23-11-7-10-20(16-23)26-25(27(35)21-12-13-24-22(15-21)14-18(2)39-24)28(36)29(37)34(26)30-32-33-31(41-30)40-17-19-8-5-4-6-9-19/h4-13,15-16,18,26,35H,3,14,17H2,1-2H3/b27-25+/t18-,26+/m0/s1. The molecule has 2 atom stereocenters. The molecule has 1 fully saturated rings. The number of aliphatic hydroxyl groups excluding tert-OH is 1. The molecule has 0 saturated carbocycles. The lowest BCUT2D eigenvalue weighted by molar-refractivity contribution is -0.132. The zero-order valence-electron chi connectivity index (χ0n) is 22.4. The first-order chi connectivity index (χ1) is 19.9. The molecule has 6 rings (SSSR count). The number of Topliss-reactive ketones (excluding diaryl/α,β-unsaturated/α-hetero) is 1. The third-order valence-corrected chi connectivity index (χ3v) is 9.03. The molecule has 2 aliphatic rings. The molecule has 0 aliphatic carbocycles. The largest absolute Gasteiger partial charge is 0.507 e. The van der Waals surface area contributed by atoms with E-state index in [0.29, 0.717) is 40.0 Å².